The first-order chi connectivity index (χ1) is 9.22. The molecule has 2 heterocycles. The summed E-state index contributed by atoms with van der Waals surface area (Å²) in [5.41, 5.74) is 3.40. The highest BCUT2D eigenvalue weighted by molar-refractivity contribution is 7.10. The molecule has 1 aliphatic carbocycles. The number of allylic oxidation sites excluding steroid dienone is 4. The van der Waals surface area contributed by atoms with Gasteiger partial charge in [0, 0.05) is 28.3 Å². The molecule has 1 aliphatic heterocycles. The van der Waals surface area contributed by atoms with Crippen LogP contribution in [0.2, 0.25) is 0 Å². The van der Waals surface area contributed by atoms with Crippen LogP contribution in [0.4, 0.5) is 0 Å². The van der Waals surface area contributed by atoms with E-state index < -0.39 is 0 Å². The number of carbonyl (C=O) groups excluding carboxylic acids is 1. The molecule has 1 N–H and O–H groups in total. The average Bonchev–Trinajstić information content (AvgIpc) is 2.91. The number of nitrogens with zero attached hydrogens (tertiary/aromatic N) is 1. The number of hydrogen-bond acceptors (Lipinski definition) is 4. The third-order valence-electron chi connectivity index (χ3n) is 3.72. The average molecular weight is 270 g/mol. The molecule has 0 spiro atoms. The van der Waals surface area contributed by atoms with Crippen molar-refractivity contribution in [3.63, 3.8) is 0 Å². The molecule has 0 saturated heterocycles. The van der Waals surface area contributed by atoms with Crippen molar-refractivity contribution < 1.29 is 4.79 Å². The first-order valence-corrected chi connectivity index (χ1v) is 7.28. The molecule has 19 heavy (non-hydrogen) atoms. The van der Waals surface area contributed by atoms with Crippen LogP contribution in [0.15, 0.2) is 40.1 Å². The zero-order chi connectivity index (χ0) is 13.4. The molecule has 1 aromatic heterocycles. The molecule has 0 amide bonds. The van der Waals surface area contributed by atoms with Gasteiger partial charge in [0.25, 0.3) is 0 Å². The molecule has 0 fully saturated rings. The van der Waals surface area contributed by atoms with E-state index in [9.17, 15) is 10.1 Å². The van der Waals surface area contributed by atoms with Crippen LogP contribution in [-0.2, 0) is 4.79 Å². The van der Waals surface area contributed by atoms with Gasteiger partial charge in [0.15, 0.2) is 5.78 Å². The highest BCUT2D eigenvalue weighted by Crippen LogP contribution is 2.42. The smallest absolute Gasteiger partial charge is 0.161 e. The third-order valence-corrected chi connectivity index (χ3v) is 4.66. The summed E-state index contributed by atoms with van der Waals surface area (Å²) < 4.78 is 0. The standard InChI is InChI=1S/C15H14N2OS/c1-9-10(8-16)14(13-6-3-7-19-13)15-11(17-9)4-2-5-12(15)18/h3,6-7,14,17H,2,4-5H2,1H3/t14-/m0/s1. The lowest BCUT2D eigenvalue weighted by Gasteiger charge is -2.31. The lowest BCUT2D eigenvalue weighted by molar-refractivity contribution is -0.116. The highest BCUT2D eigenvalue weighted by atomic mass is 32.1. The van der Waals surface area contributed by atoms with Gasteiger partial charge in [-0.1, -0.05) is 6.07 Å². The van der Waals surface area contributed by atoms with Crippen molar-refractivity contribution in [3.05, 3.63) is 44.9 Å². The summed E-state index contributed by atoms with van der Waals surface area (Å²) in [6, 6.07) is 6.27. The van der Waals surface area contributed by atoms with Crippen molar-refractivity contribution in [2.75, 3.05) is 0 Å². The maximum Gasteiger partial charge on any atom is 0.161 e. The number of nitriles is 1. The van der Waals surface area contributed by atoms with E-state index in [4.69, 9.17) is 0 Å². The Bertz CT molecular complexity index is 632. The monoisotopic (exact) mass is 270 g/mol. The molecule has 1 atom stereocenters. The Morgan fingerprint density at radius 1 is 1.47 bits per heavy atom. The van der Waals surface area contributed by atoms with E-state index in [-0.39, 0.29) is 11.7 Å². The molecule has 0 radical (unpaired) electrons. The number of Topliss-reactive ketones (excluding diaryl/α,β-unsaturated/α-hetero) is 1. The van der Waals surface area contributed by atoms with Crippen LogP contribution in [-0.4, -0.2) is 5.78 Å². The molecule has 3 rings (SSSR count). The number of ketones is 1. The minimum atomic E-state index is -0.158. The third kappa shape index (κ3) is 1.91. The SMILES string of the molecule is CC1=C(C#N)[C@@H](c2cccs2)C2=C(CCCC2=O)N1. The number of carbonyl (C=O) groups is 1. The zero-order valence-electron chi connectivity index (χ0n) is 10.7. The molecule has 4 heteroatoms. The summed E-state index contributed by atoms with van der Waals surface area (Å²) in [7, 11) is 0. The van der Waals surface area contributed by atoms with E-state index in [1.807, 2.05) is 24.4 Å². The highest BCUT2D eigenvalue weighted by Gasteiger charge is 2.36. The van der Waals surface area contributed by atoms with Crippen molar-refractivity contribution >= 4 is 17.1 Å². The molecule has 3 nitrogen and oxygen atoms in total. The Labute approximate surface area is 116 Å². The second-order valence-corrected chi connectivity index (χ2v) is 5.87. The zero-order valence-corrected chi connectivity index (χ0v) is 11.5. The fourth-order valence-corrected chi connectivity index (χ4v) is 3.71. The number of thiophene rings is 1. The number of nitrogens with one attached hydrogen (secondary N) is 1. The quantitative estimate of drug-likeness (QED) is 0.852. The molecular weight excluding hydrogens is 256 g/mol. The number of dihydropyridines is 1. The maximum atomic E-state index is 12.3. The van der Waals surface area contributed by atoms with E-state index in [1.54, 1.807) is 11.3 Å². The Balaban J connectivity index is 2.18. The van der Waals surface area contributed by atoms with Crippen molar-refractivity contribution in [3.8, 4) is 6.07 Å². The first-order valence-electron chi connectivity index (χ1n) is 6.40. The van der Waals surface area contributed by atoms with Crippen molar-refractivity contribution in [1.82, 2.24) is 5.32 Å². The Morgan fingerprint density at radius 2 is 2.32 bits per heavy atom. The summed E-state index contributed by atoms with van der Waals surface area (Å²) >= 11 is 1.61. The van der Waals surface area contributed by atoms with Crippen LogP contribution in [0.25, 0.3) is 0 Å². The molecule has 0 aromatic carbocycles. The van der Waals surface area contributed by atoms with Crippen LogP contribution in [0, 0.1) is 11.3 Å². The Morgan fingerprint density at radius 3 is 3.00 bits per heavy atom. The van der Waals surface area contributed by atoms with Gasteiger partial charge in [-0.05, 0) is 31.2 Å². The molecule has 0 saturated carbocycles. The van der Waals surface area contributed by atoms with Gasteiger partial charge in [-0.2, -0.15) is 5.26 Å². The molecular formula is C15H14N2OS. The van der Waals surface area contributed by atoms with Gasteiger partial charge in [-0.25, -0.2) is 0 Å². The summed E-state index contributed by atoms with van der Waals surface area (Å²) in [4.78, 5) is 13.4. The van der Waals surface area contributed by atoms with Crippen LogP contribution in [0.1, 0.15) is 37.0 Å². The molecule has 1 aromatic rings. The first kappa shape index (κ1) is 12.2. The lowest BCUT2D eigenvalue weighted by atomic mass is 9.78. The van der Waals surface area contributed by atoms with Crippen LogP contribution in [0.3, 0.4) is 0 Å². The predicted molar refractivity (Wildman–Crippen MR) is 74.4 cm³/mol. The minimum absolute atomic E-state index is 0.158. The van der Waals surface area contributed by atoms with E-state index in [2.05, 4.69) is 11.4 Å². The summed E-state index contributed by atoms with van der Waals surface area (Å²) in [6.07, 6.45) is 2.40. The summed E-state index contributed by atoms with van der Waals surface area (Å²) in [6.45, 7) is 1.92. The van der Waals surface area contributed by atoms with Crippen LogP contribution < -0.4 is 5.32 Å². The second kappa shape index (κ2) is 4.67. The molecule has 0 bridgehead atoms. The predicted octanol–water partition coefficient (Wildman–Crippen LogP) is 3.24. The fourth-order valence-electron chi connectivity index (χ4n) is 2.87. The van der Waals surface area contributed by atoms with Crippen molar-refractivity contribution in [1.29, 1.82) is 5.26 Å². The van der Waals surface area contributed by atoms with Gasteiger partial charge in [-0.3, -0.25) is 4.79 Å². The van der Waals surface area contributed by atoms with Crippen molar-refractivity contribution in [2.45, 2.75) is 32.1 Å². The fraction of sp³-hybridized carbons (Fsp3) is 0.333. The molecule has 2 aliphatic rings. The van der Waals surface area contributed by atoms with Gasteiger partial charge in [0.2, 0.25) is 0 Å². The molecule has 96 valence electrons. The minimum Gasteiger partial charge on any atom is -0.361 e. The number of rotatable bonds is 1. The largest absolute Gasteiger partial charge is 0.361 e. The Hall–Kier alpha value is -1.86. The topological polar surface area (TPSA) is 52.9 Å². The van der Waals surface area contributed by atoms with Gasteiger partial charge in [0.1, 0.15) is 0 Å². The van der Waals surface area contributed by atoms with E-state index in [0.717, 1.165) is 34.7 Å². The van der Waals surface area contributed by atoms with E-state index in [0.29, 0.717) is 12.0 Å². The second-order valence-electron chi connectivity index (χ2n) is 4.89. The number of hydrogen-bond donors (Lipinski definition) is 1. The van der Waals surface area contributed by atoms with Crippen molar-refractivity contribution in [2.24, 2.45) is 0 Å². The van der Waals surface area contributed by atoms with E-state index >= 15 is 0 Å². The van der Waals surface area contributed by atoms with Gasteiger partial charge >= 0.3 is 0 Å². The molecule has 0 unspecified atom stereocenters. The van der Waals surface area contributed by atoms with Gasteiger partial charge in [-0.15, -0.1) is 11.3 Å². The maximum absolute atomic E-state index is 12.3. The van der Waals surface area contributed by atoms with Gasteiger partial charge in [0.05, 0.1) is 17.6 Å². The van der Waals surface area contributed by atoms with Gasteiger partial charge < -0.3 is 5.32 Å². The Kier molecular flexibility index (Phi) is 3.00. The normalized spacial score (nSPS) is 22.9. The summed E-state index contributed by atoms with van der Waals surface area (Å²) in [5.74, 6) is 0.0291. The van der Waals surface area contributed by atoms with Crippen LogP contribution in [0.5, 0.6) is 0 Å². The lowest BCUT2D eigenvalue weighted by Crippen LogP contribution is -2.30. The summed E-state index contributed by atoms with van der Waals surface area (Å²) in [5, 5.41) is 14.7. The van der Waals surface area contributed by atoms with E-state index in [1.165, 1.54) is 0 Å². The van der Waals surface area contributed by atoms with Crippen LogP contribution >= 0.6 is 11.3 Å².